The Bertz CT molecular complexity index is 1220. The highest BCUT2D eigenvalue weighted by molar-refractivity contribution is 6.16. The summed E-state index contributed by atoms with van der Waals surface area (Å²) in [6.07, 6.45) is 0. The SMILES string of the molecule is C=C(C)C(=O)OCOc1ccc(C(=C)C(=O)Oc2ccc(-c3ccc(C#N)cc3)cc2)cc1. The van der Waals surface area contributed by atoms with Gasteiger partial charge in [0.15, 0.2) is 0 Å². The highest BCUT2D eigenvalue weighted by atomic mass is 16.7. The first kappa shape index (κ1) is 23.0. The molecule has 0 N–H and O–H groups in total. The first-order valence-electron chi connectivity index (χ1n) is 9.95. The van der Waals surface area contributed by atoms with Crippen LogP contribution in [0.1, 0.15) is 18.1 Å². The van der Waals surface area contributed by atoms with E-state index in [1.807, 2.05) is 24.3 Å². The van der Waals surface area contributed by atoms with Gasteiger partial charge in [0.1, 0.15) is 11.5 Å². The van der Waals surface area contributed by atoms with Gasteiger partial charge in [0.05, 0.1) is 17.2 Å². The first-order valence-corrected chi connectivity index (χ1v) is 9.95. The third-order valence-electron chi connectivity index (χ3n) is 4.63. The lowest BCUT2D eigenvalue weighted by Gasteiger charge is -2.10. The van der Waals surface area contributed by atoms with Gasteiger partial charge in [-0.15, -0.1) is 0 Å². The maximum atomic E-state index is 12.5. The van der Waals surface area contributed by atoms with Crippen molar-refractivity contribution in [3.63, 3.8) is 0 Å². The van der Waals surface area contributed by atoms with Gasteiger partial charge in [-0.2, -0.15) is 5.26 Å². The quantitative estimate of drug-likeness (QED) is 0.205. The highest BCUT2D eigenvalue weighted by Gasteiger charge is 2.13. The molecule has 164 valence electrons. The van der Waals surface area contributed by atoms with Crippen LogP contribution in [0.3, 0.4) is 0 Å². The number of nitriles is 1. The van der Waals surface area contributed by atoms with E-state index in [1.165, 1.54) is 0 Å². The molecule has 0 aliphatic carbocycles. The molecule has 0 unspecified atom stereocenters. The highest BCUT2D eigenvalue weighted by Crippen LogP contribution is 2.24. The lowest BCUT2D eigenvalue weighted by molar-refractivity contribution is -0.145. The second kappa shape index (κ2) is 10.6. The van der Waals surface area contributed by atoms with Crippen molar-refractivity contribution < 1.29 is 23.8 Å². The summed E-state index contributed by atoms with van der Waals surface area (Å²) < 4.78 is 15.6. The van der Waals surface area contributed by atoms with Crippen LogP contribution < -0.4 is 9.47 Å². The molecule has 6 nitrogen and oxygen atoms in total. The van der Waals surface area contributed by atoms with Gasteiger partial charge in [0, 0.05) is 5.57 Å². The average molecular weight is 439 g/mol. The lowest BCUT2D eigenvalue weighted by atomic mass is 10.0. The molecule has 0 atom stereocenters. The predicted molar refractivity (Wildman–Crippen MR) is 124 cm³/mol. The van der Waals surface area contributed by atoms with Gasteiger partial charge >= 0.3 is 11.9 Å². The lowest BCUT2D eigenvalue weighted by Crippen LogP contribution is -2.11. The summed E-state index contributed by atoms with van der Waals surface area (Å²) in [7, 11) is 0. The Morgan fingerprint density at radius 3 is 1.91 bits per heavy atom. The van der Waals surface area contributed by atoms with Crippen LogP contribution in [-0.2, 0) is 14.3 Å². The van der Waals surface area contributed by atoms with Crippen molar-refractivity contribution in [1.82, 2.24) is 0 Å². The van der Waals surface area contributed by atoms with Gasteiger partial charge in [-0.25, -0.2) is 9.59 Å². The van der Waals surface area contributed by atoms with Crippen LogP contribution in [0.15, 0.2) is 91.5 Å². The van der Waals surface area contributed by atoms with Crippen LogP contribution >= 0.6 is 0 Å². The van der Waals surface area contributed by atoms with Gasteiger partial charge in [-0.1, -0.05) is 49.6 Å². The Hall–Kier alpha value is -4.63. The van der Waals surface area contributed by atoms with Crippen molar-refractivity contribution in [3.05, 3.63) is 103 Å². The smallest absolute Gasteiger partial charge is 0.343 e. The minimum absolute atomic E-state index is 0.187. The van der Waals surface area contributed by atoms with Crippen LogP contribution in [0.4, 0.5) is 0 Å². The molecule has 3 aromatic carbocycles. The van der Waals surface area contributed by atoms with Crippen molar-refractivity contribution in [1.29, 1.82) is 5.26 Å². The molecule has 3 aromatic rings. The van der Waals surface area contributed by atoms with Crippen LogP contribution in [-0.4, -0.2) is 18.7 Å². The monoisotopic (exact) mass is 439 g/mol. The molecule has 0 amide bonds. The summed E-state index contributed by atoms with van der Waals surface area (Å²) in [4.78, 5) is 23.8. The van der Waals surface area contributed by atoms with E-state index in [9.17, 15) is 9.59 Å². The Morgan fingerprint density at radius 2 is 1.36 bits per heavy atom. The number of carbonyl (C=O) groups excluding carboxylic acids is 2. The van der Waals surface area contributed by atoms with E-state index in [0.29, 0.717) is 22.6 Å². The summed E-state index contributed by atoms with van der Waals surface area (Å²) in [6.45, 7) is 8.61. The largest absolute Gasteiger partial charge is 0.457 e. The van der Waals surface area contributed by atoms with E-state index in [-0.39, 0.29) is 17.9 Å². The maximum absolute atomic E-state index is 12.5. The molecular weight excluding hydrogens is 418 g/mol. The van der Waals surface area contributed by atoms with Gasteiger partial charge in [0.25, 0.3) is 0 Å². The van der Waals surface area contributed by atoms with Gasteiger partial charge in [0.2, 0.25) is 6.79 Å². The Kier molecular flexibility index (Phi) is 7.40. The third kappa shape index (κ3) is 6.18. The van der Waals surface area contributed by atoms with Gasteiger partial charge < -0.3 is 14.2 Å². The van der Waals surface area contributed by atoms with E-state index in [0.717, 1.165) is 11.1 Å². The molecule has 33 heavy (non-hydrogen) atoms. The molecule has 0 saturated carbocycles. The molecule has 0 radical (unpaired) electrons. The number of rotatable bonds is 8. The Morgan fingerprint density at radius 1 is 0.818 bits per heavy atom. The van der Waals surface area contributed by atoms with Crippen molar-refractivity contribution in [2.75, 3.05) is 6.79 Å². The molecular formula is C27H21NO5. The molecule has 0 aromatic heterocycles. The molecule has 0 aliphatic heterocycles. The number of nitrogens with zero attached hydrogens (tertiary/aromatic N) is 1. The van der Waals surface area contributed by atoms with E-state index < -0.39 is 11.9 Å². The zero-order valence-electron chi connectivity index (χ0n) is 18.0. The van der Waals surface area contributed by atoms with Gasteiger partial charge in [-0.05, 0) is 60.0 Å². The molecule has 3 rings (SSSR count). The molecule has 0 aliphatic rings. The Labute approximate surface area is 192 Å². The van der Waals surface area contributed by atoms with Crippen LogP contribution in [0, 0.1) is 11.3 Å². The fraction of sp³-hybridized carbons (Fsp3) is 0.0741. The van der Waals surface area contributed by atoms with E-state index in [4.69, 9.17) is 19.5 Å². The topological polar surface area (TPSA) is 85.6 Å². The summed E-state index contributed by atoms with van der Waals surface area (Å²) in [5, 5.41) is 8.90. The molecule has 0 saturated heterocycles. The van der Waals surface area contributed by atoms with Crippen LogP contribution in [0.25, 0.3) is 16.7 Å². The minimum Gasteiger partial charge on any atom is -0.457 e. The second-order valence-electron chi connectivity index (χ2n) is 7.08. The zero-order chi connectivity index (χ0) is 23.8. The standard InChI is InChI=1S/C27H21NO5/c1-18(2)26(29)32-17-31-24-12-8-21(9-13-24)19(3)27(30)33-25-14-10-23(11-15-25)22-6-4-20(16-28)5-7-22/h4-15H,1,3,17H2,2H3. The van der Waals surface area contributed by atoms with Crippen molar-refractivity contribution in [3.8, 4) is 28.7 Å². The van der Waals surface area contributed by atoms with E-state index >= 15 is 0 Å². The number of benzene rings is 3. The number of esters is 2. The predicted octanol–water partition coefficient (Wildman–Crippen LogP) is 5.30. The number of ether oxygens (including phenoxy) is 3. The molecule has 0 heterocycles. The molecule has 0 bridgehead atoms. The van der Waals surface area contributed by atoms with E-state index in [1.54, 1.807) is 55.5 Å². The fourth-order valence-electron chi connectivity index (χ4n) is 2.77. The zero-order valence-corrected chi connectivity index (χ0v) is 18.0. The number of hydrogen-bond donors (Lipinski definition) is 0. The van der Waals surface area contributed by atoms with Crippen LogP contribution in [0.5, 0.6) is 11.5 Å². The third-order valence-corrected chi connectivity index (χ3v) is 4.63. The molecule has 6 heteroatoms. The van der Waals surface area contributed by atoms with Gasteiger partial charge in [-0.3, -0.25) is 0 Å². The summed E-state index contributed by atoms with van der Waals surface area (Å²) >= 11 is 0. The van der Waals surface area contributed by atoms with Crippen molar-refractivity contribution in [2.45, 2.75) is 6.92 Å². The summed E-state index contributed by atoms with van der Waals surface area (Å²) in [5.41, 5.74) is 3.52. The second-order valence-corrected chi connectivity index (χ2v) is 7.08. The summed E-state index contributed by atoms with van der Waals surface area (Å²) in [6, 6.07) is 23.0. The Balaban J connectivity index is 1.56. The summed E-state index contributed by atoms with van der Waals surface area (Å²) in [5.74, 6) is -0.261. The normalized spacial score (nSPS) is 9.94. The number of hydrogen-bond acceptors (Lipinski definition) is 6. The number of carbonyl (C=O) groups is 2. The van der Waals surface area contributed by atoms with Crippen molar-refractivity contribution >= 4 is 17.5 Å². The van der Waals surface area contributed by atoms with Crippen LogP contribution in [0.2, 0.25) is 0 Å². The van der Waals surface area contributed by atoms with Crippen molar-refractivity contribution in [2.24, 2.45) is 0 Å². The molecule has 0 spiro atoms. The van der Waals surface area contributed by atoms with E-state index in [2.05, 4.69) is 19.2 Å². The fourth-order valence-corrected chi connectivity index (χ4v) is 2.77. The minimum atomic E-state index is -0.579. The average Bonchev–Trinajstić information content (AvgIpc) is 2.84. The molecule has 0 fully saturated rings. The maximum Gasteiger partial charge on any atom is 0.343 e. The first-order chi connectivity index (χ1) is 15.9.